The maximum absolute atomic E-state index is 13.6. The molecule has 0 aromatic heterocycles. The molecule has 1 saturated heterocycles. The number of carbonyl (C=O) groups excluding carboxylic acids is 3. The molecule has 3 aromatic carbocycles. The van der Waals surface area contributed by atoms with E-state index in [1.54, 1.807) is 25.1 Å². The second-order valence-electron chi connectivity index (χ2n) is 10.0. The second kappa shape index (κ2) is 12.7. The van der Waals surface area contributed by atoms with Crippen molar-refractivity contribution < 1.29 is 29.0 Å². The van der Waals surface area contributed by atoms with Crippen LogP contribution in [0.3, 0.4) is 0 Å². The summed E-state index contributed by atoms with van der Waals surface area (Å²) in [6, 6.07) is 16.9. The minimum Gasteiger partial charge on any atom is -0.508 e. The number of rotatable bonds is 9. The van der Waals surface area contributed by atoms with E-state index in [4.69, 9.17) is 5.73 Å². The fourth-order valence-electron chi connectivity index (χ4n) is 4.88. The first-order chi connectivity index (χ1) is 19.1. The Hall–Kier alpha value is -4.28. The summed E-state index contributed by atoms with van der Waals surface area (Å²) in [6.07, 6.45) is -1.37. The number of nitrogens with zero attached hydrogens (tertiary/aromatic N) is 1. The van der Waals surface area contributed by atoms with Crippen LogP contribution in [0.5, 0.6) is 5.75 Å². The van der Waals surface area contributed by atoms with Gasteiger partial charge in [0.15, 0.2) is 6.10 Å². The van der Waals surface area contributed by atoms with Crippen LogP contribution in [0.25, 0.3) is 0 Å². The predicted octanol–water partition coefficient (Wildman–Crippen LogP) is 1.79. The molecule has 1 fully saturated rings. The third-order valence-corrected chi connectivity index (χ3v) is 7.07. The largest absolute Gasteiger partial charge is 0.508 e. The molecular formula is C30H33FN4O5. The number of carbonyl (C=O) groups is 3. The molecule has 0 radical (unpaired) electrons. The summed E-state index contributed by atoms with van der Waals surface area (Å²) in [5.74, 6) is -2.27. The number of hydrogen-bond acceptors (Lipinski definition) is 6. The Balaban J connectivity index is 1.52. The van der Waals surface area contributed by atoms with Gasteiger partial charge in [-0.15, -0.1) is 0 Å². The van der Waals surface area contributed by atoms with E-state index < -0.39 is 47.8 Å². The van der Waals surface area contributed by atoms with E-state index in [-0.39, 0.29) is 37.2 Å². The summed E-state index contributed by atoms with van der Waals surface area (Å²) >= 11 is 0. The number of aliphatic hydroxyl groups is 1. The molecule has 0 bridgehead atoms. The Labute approximate surface area is 231 Å². The van der Waals surface area contributed by atoms with E-state index in [1.807, 2.05) is 18.2 Å². The van der Waals surface area contributed by atoms with Gasteiger partial charge in [-0.05, 0) is 55.2 Å². The molecule has 40 heavy (non-hydrogen) atoms. The zero-order valence-corrected chi connectivity index (χ0v) is 22.1. The zero-order chi connectivity index (χ0) is 28.8. The average Bonchev–Trinajstić information content (AvgIpc) is 3.34. The standard InChI is InChI=1S/C30H33FN4O5/c1-18-23(11-6-12-26(18)36)28(38)34-24(14-19-7-3-2-4-8-19)27(37)30(40)35-17-22(32)15-25(35)29(39)33-16-20-9-5-10-21(31)13-20/h2-13,22,24-25,27,36-37H,14-17,32H2,1H3,(H,33,39)(H,34,38)/t22-,24+,25+,27+/m1/s1. The van der Waals surface area contributed by atoms with Gasteiger partial charge in [0.05, 0.1) is 6.04 Å². The molecule has 0 unspecified atom stereocenters. The van der Waals surface area contributed by atoms with Crippen LogP contribution in [0.2, 0.25) is 0 Å². The molecule has 1 aliphatic rings. The number of halogens is 1. The molecule has 6 N–H and O–H groups in total. The summed E-state index contributed by atoms with van der Waals surface area (Å²) in [5, 5.41) is 26.8. The Morgan fingerprint density at radius 1 is 1.05 bits per heavy atom. The maximum atomic E-state index is 13.6. The quantitative estimate of drug-likeness (QED) is 0.276. The zero-order valence-electron chi connectivity index (χ0n) is 22.1. The Morgan fingerprint density at radius 2 is 1.75 bits per heavy atom. The van der Waals surface area contributed by atoms with E-state index in [0.29, 0.717) is 11.1 Å². The van der Waals surface area contributed by atoms with Gasteiger partial charge in [-0.25, -0.2) is 4.39 Å². The highest BCUT2D eigenvalue weighted by Gasteiger charge is 2.42. The molecule has 210 valence electrons. The highest BCUT2D eigenvalue weighted by atomic mass is 19.1. The first-order valence-electron chi connectivity index (χ1n) is 13.0. The molecule has 0 saturated carbocycles. The van der Waals surface area contributed by atoms with Crippen LogP contribution in [0.4, 0.5) is 4.39 Å². The van der Waals surface area contributed by atoms with Crippen molar-refractivity contribution >= 4 is 17.7 Å². The fraction of sp³-hybridized carbons (Fsp3) is 0.300. The number of likely N-dealkylation sites (tertiary alicyclic amines) is 1. The molecule has 10 heteroatoms. The number of aliphatic hydroxyl groups excluding tert-OH is 1. The van der Waals surface area contributed by atoms with E-state index in [9.17, 15) is 29.0 Å². The molecule has 4 rings (SSSR count). The van der Waals surface area contributed by atoms with Gasteiger partial charge in [-0.3, -0.25) is 14.4 Å². The number of nitrogens with two attached hydrogens (primary N) is 1. The number of phenols is 1. The summed E-state index contributed by atoms with van der Waals surface area (Å²) in [4.78, 5) is 41.0. The number of benzene rings is 3. The average molecular weight is 549 g/mol. The number of hydrogen-bond donors (Lipinski definition) is 5. The lowest BCUT2D eigenvalue weighted by Crippen LogP contribution is -2.55. The SMILES string of the molecule is Cc1c(O)cccc1C(=O)N[C@@H](Cc1ccccc1)[C@H](O)C(=O)N1C[C@H](N)C[C@H]1C(=O)NCc1cccc(F)c1. The minimum absolute atomic E-state index is 0.0472. The summed E-state index contributed by atoms with van der Waals surface area (Å²) in [6.45, 7) is 1.70. The van der Waals surface area contributed by atoms with Gasteiger partial charge in [0.2, 0.25) is 5.91 Å². The van der Waals surface area contributed by atoms with Gasteiger partial charge in [0.25, 0.3) is 11.8 Å². The second-order valence-corrected chi connectivity index (χ2v) is 10.0. The van der Waals surface area contributed by atoms with E-state index >= 15 is 0 Å². The van der Waals surface area contributed by atoms with Crippen molar-refractivity contribution in [3.63, 3.8) is 0 Å². The molecule has 1 heterocycles. The lowest BCUT2D eigenvalue weighted by Gasteiger charge is -2.30. The summed E-state index contributed by atoms with van der Waals surface area (Å²) in [5.41, 5.74) is 8.00. The van der Waals surface area contributed by atoms with Crippen molar-refractivity contribution in [3.05, 3.63) is 101 Å². The van der Waals surface area contributed by atoms with E-state index in [2.05, 4.69) is 10.6 Å². The van der Waals surface area contributed by atoms with Gasteiger partial charge in [0, 0.05) is 30.3 Å². The van der Waals surface area contributed by atoms with Crippen LogP contribution in [-0.2, 0) is 22.6 Å². The van der Waals surface area contributed by atoms with Gasteiger partial charge in [-0.2, -0.15) is 0 Å². The molecule has 4 atom stereocenters. The summed E-state index contributed by atoms with van der Waals surface area (Å²) < 4.78 is 13.5. The van der Waals surface area contributed by atoms with Crippen molar-refractivity contribution in [2.24, 2.45) is 5.73 Å². The highest BCUT2D eigenvalue weighted by Crippen LogP contribution is 2.22. The Kier molecular flexibility index (Phi) is 9.13. The van der Waals surface area contributed by atoms with Crippen molar-refractivity contribution in [1.82, 2.24) is 15.5 Å². The van der Waals surface area contributed by atoms with Gasteiger partial charge < -0.3 is 31.5 Å². The van der Waals surface area contributed by atoms with E-state index in [1.165, 1.54) is 41.3 Å². The molecule has 3 amide bonds. The van der Waals surface area contributed by atoms with Crippen LogP contribution in [0, 0.1) is 12.7 Å². The van der Waals surface area contributed by atoms with Crippen molar-refractivity contribution in [2.45, 2.75) is 50.5 Å². The lowest BCUT2D eigenvalue weighted by atomic mass is 9.98. The first-order valence-corrected chi connectivity index (χ1v) is 13.0. The number of phenolic OH excluding ortho intramolecular Hbond substituents is 1. The molecule has 0 spiro atoms. The molecule has 1 aliphatic heterocycles. The van der Waals surface area contributed by atoms with Crippen molar-refractivity contribution in [2.75, 3.05) is 6.54 Å². The van der Waals surface area contributed by atoms with Crippen LogP contribution in [-0.4, -0.2) is 63.6 Å². The van der Waals surface area contributed by atoms with Crippen LogP contribution in [0.15, 0.2) is 72.8 Å². The first kappa shape index (κ1) is 28.7. The monoisotopic (exact) mass is 548 g/mol. The smallest absolute Gasteiger partial charge is 0.254 e. The third kappa shape index (κ3) is 6.83. The predicted molar refractivity (Wildman–Crippen MR) is 147 cm³/mol. The lowest BCUT2D eigenvalue weighted by molar-refractivity contribution is -0.146. The normalized spacial score (nSPS) is 18.1. The van der Waals surface area contributed by atoms with Crippen molar-refractivity contribution in [3.8, 4) is 5.75 Å². The van der Waals surface area contributed by atoms with Crippen LogP contribution >= 0.6 is 0 Å². The van der Waals surface area contributed by atoms with E-state index in [0.717, 1.165) is 5.56 Å². The topological polar surface area (TPSA) is 145 Å². The van der Waals surface area contributed by atoms with Gasteiger partial charge in [0.1, 0.15) is 17.6 Å². The Bertz CT molecular complexity index is 1370. The molecular weight excluding hydrogens is 515 g/mol. The Morgan fingerprint density at radius 3 is 2.48 bits per heavy atom. The fourth-order valence-corrected chi connectivity index (χ4v) is 4.88. The van der Waals surface area contributed by atoms with Crippen LogP contribution in [0.1, 0.15) is 33.5 Å². The number of amides is 3. The van der Waals surface area contributed by atoms with Gasteiger partial charge >= 0.3 is 0 Å². The molecule has 0 aliphatic carbocycles. The van der Waals surface area contributed by atoms with Gasteiger partial charge in [-0.1, -0.05) is 48.5 Å². The van der Waals surface area contributed by atoms with Crippen LogP contribution < -0.4 is 16.4 Å². The number of nitrogens with one attached hydrogen (secondary N) is 2. The van der Waals surface area contributed by atoms with Crippen molar-refractivity contribution in [1.29, 1.82) is 0 Å². The third-order valence-electron chi connectivity index (χ3n) is 7.07. The maximum Gasteiger partial charge on any atom is 0.254 e. The molecule has 3 aromatic rings. The minimum atomic E-state index is -1.69. The molecule has 9 nitrogen and oxygen atoms in total. The highest BCUT2D eigenvalue weighted by molar-refractivity contribution is 5.97. The number of aromatic hydroxyl groups is 1. The summed E-state index contributed by atoms with van der Waals surface area (Å²) in [7, 11) is 0.